The van der Waals surface area contributed by atoms with E-state index in [9.17, 15) is 9.59 Å². The SMILES string of the molecule is COc1ccc(N(CC(=O)O)C(C)C(=O)O)cc1OC. The van der Waals surface area contributed by atoms with Crippen LogP contribution in [-0.2, 0) is 9.59 Å². The molecule has 110 valence electrons. The zero-order valence-electron chi connectivity index (χ0n) is 11.5. The average molecular weight is 283 g/mol. The van der Waals surface area contributed by atoms with Gasteiger partial charge in [-0.3, -0.25) is 4.79 Å². The molecule has 0 aliphatic carbocycles. The Morgan fingerprint density at radius 2 is 1.80 bits per heavy atom. The lowest BCUT2D eigenvalue weighted by atomic mass is 10.2. The molecule has 20 heavy (non-hydrogen) atoms. The van der Waals surface area contributed by atoms with Crippen LogP contribution in [0.5, 0.6) is 11.5 Å². The lowest BCUT2D eigenvalue weighted by Gasteiger charge is -2.27. The maximum atomic E-state index is 11.1. The van der Waals surface area contributed by atoms with Crippen molar-refractivity contribution in [3.63, 3.8) is 0 Å². The summed E-state index contributed by atoms with van der Waals surface area (Å²) in [4.78, 5) is 23.2. The fourth-order valence-corrected chi connectivity index (χ4v) is 1.73. The zero-order chi connectivity index (χ0) is 15.3. The van der Waals surface area contributed by atoms with Crippen molar-refractivity contribution in [3.05, 3.63) is 18.2 Å². The second-order valence-electron chi connectivity index (χ2n) is 4.08. The first-order valence-electron chi connectivity index (χ1n) is 5.84. The highest BCUT2D eigenvalue weighted by molar-refractivity contribution is 5.82. The number of anilines is 1. The summed E-state index contributed by atoms with van der Waals surface area (Å²) in [5, 5.41) is 18.0. The second kappa shape index (κ2) is 6.65. The van der Waals surface area contributed by atoms with Crippen molar-refractivity contribution < 1.29 is 29.3 Å². The van der Waals surface area contributed by atoms with E-state index in [-0.39, 0.29) is 0 Å². The highest BCUT2D eigenvalue weighted by Gasteiger charge is 2.24. The van der Waals surface area contributed by atoms with Gasteiger partial charge in [0, 0.05) is 11.8 Å². The van der Waals surface area contributed by atoms with Gasteiger partial charge in [-0.1, -0.05) is 0 Å². The summed E-state index contributed by atoms with van der Waals surface area (Å²) in [6.45, 7) is 0.991. The first kappa shape index (κ1) is 15.6. The number of rotatable bonds is 7. The molecule has 0 heterocycles. The molecule has 1 rings (SSSR count). The van der Waals surface area contributed by atoms with Gasteiger partial charge in [-0.2, -0.15) is 0 Å². The Kier molecular flexibility index (Phi) is 5.19. The maximum Gasteiger partial charge on any atom is 0.326 e. The average Bonchev–Trinajstić information content (AvgIpc) is 2.42. The fourth-order valence-electron chi connectivity index (χ4n) is 1.73. The summed E-state index contributed by atoms with van der Waals surface area (Å²) in [6, 6.07) is 3.74. The summed E-state index contributed by atoms with van der Waals surface area (Å²) >= 11 is 0. The van der Waals surface area contributed by atoms with E-state index in [4.69, 9.17) is 19.7 Å². The van der Waals surface area contributed by atoms with Crippen molar-refractivity contribution >= 4 is 17.6 Å². The van der Waals surface area contributed by atoms with E-state index in [1.54, 1.807) is 18.2 Å². The molecule has 1 atom stereocenters. The fraction of sp³-hybridized carbons (Fsp3) is 0.385. The molecular formula is C13H17NO6. The van der Waals surface area contributed by atoms with Crippen LogP contribution in [0, 0.1) is 0 Å². The second-order valence-corrected chi connectivity index (χ2v) is 4.08. The number of carbonyl (C=O) groups is 2. The van der Waals surface area contributed by atoms with Crippen LogP contribution in [0.1, 0.15) is 6.92 Å². The third-order valence-corrected chi connectivity index (χ3v) is 2.83. The number of carboxylic acids is 2. The van der Waals surface area contributed by atoms with Crippen LogP contribution >= 0.6 is 0 Å². The third kappa shape index (κ3) is 3.53. The van der Waals surface area contributed by atoms with Crippen molar-refractivity contribution in [3.8, 4) is 11.5 Å². The van der Waals surface area contributed by atoms with Crippen LogP contribution in [0.2, 0.25) is 0 Å². The lowest BCUT2D eigenvalue weighted by Crippen LogP contribution is -2.42. The first-order chi connectivity index (χ1) is 9.40. The molecule has 7 heteroatoms. The Bertz CT molecular complexity index is 502. The van der Waals surface area contributed by atoms with Gasteiger partial charge >= 0.3 is 11.9 Å². The molecule has 0 aromatic heterocycles. The minimum Gasteiger partial charge on any atom is -0.493 e. The van der Waals surface area contributed by atoms with Crippen molar-refractivity contribution in [1.29, 1.82) is 0 Å². The Hall–Kier alpha value is -2.44. The van der Waals surface area contributed by atoms with E-state index in [2.05, 4.69) is 0 Å². The molecule has 1 aromatic rings. The molecule has 0 fully saturated rings. The lowest BCUT2D eigenvalue weighted by molar-refractivity contribution is -0.138. The molecule has 0 saturated carbocycles. The monoisotopic (exact) mass is 283 g/mol. The minimum atomic E-state index is -1.12. The van der Waals surface area contributed by atoms with Gasteiger partial charge < -0.3 is 24.6 Å². The van der Waals surface area contributed by atoms with Gasteiger partial charge in [-0.05, 0) is 19.1 Å². The van der Waals surface area contributed by atoms with E-state index in [1.807, 2.05) is 0 Å². The zero-order valence-corrected chi connectivity index (χ0v) is 11.5. The summed E-state index contributed by atoms with van der Waals surface area (Å²) in [5.74, 6) is -1.35. The first-order valence-corrected chi connectivity index (χ1v) is 5.84. The van der Waals surface area contributed by atoms with Gasteiger partial charge in [-0.15, -0.1) is 0 Å². The molecule has 0 radical (unpaired) electrons. The topological polar surface area (TPSA) is 96.3 Å². The largest absolute Gasteiger partial charge is 0.493 e. The van der Waals surface area contributed by atoms with E-state index in [1.165, 1.54) is 26.0 Å². The summed E-state index contributed by atoms with van der Waals surface area (Å²) in [7, 11) is 2.93. The van der Waals surface area contributed by atoms with Crippen molar-refractivity contribution in [2.24, 2.45) is 0 Å². The third-order valence-electron chi connectivity index (χ3n) is 2.83. The van der Waals surface area contributed by atoms with Crippen LogP contribution in [-0.4, -0.2) is 49.0 Å². The molecule has 0 aliphatic heterocycles. The van der Waals surface area contributed by atoms with E-state index < -0.39 is 24.5 Å². The van der Waals surface area contributed by atoms with Gasteiger partial charge in [0.1, 0.15) is 12.6 Å². The maximum absolute atomic E-state index is 11.1. The van der Waals surface area contributed by atoms with Crippen LogP contribution in [0.4, 0.5) is 5.69 Å². The Labute approximate surface area is 116 Å². The standard InChI is InChI=1S/C13H17NO6/c1-8(13(17)18)14(7-12(15)16)9-4-5-10(19-2)11(6-9)20-3/h4-6,8H,7H2,1-3H3,(H,15,16)(H,17,18). The molecule has 0 saturated heterocycles. The highest BCUT2D eigenvalue weighted by Crippen LogP contribution is 2.32. The molecule has 0 amide bonds. The number of benzene rings is 1. The summed E-state index contributed by atoms with van der Waals surface area (Å²) in [5.41, 5.74) is 0.431. The molecule has 7 nitrogen and oxygen atoms in total. The molecular weight excluding hydrogens is 266 g/mol. The quantitative estimate of drug-likeness (QED) is 0.772. The van der Waals surface area contributed by atoms with Gasteiger partial charge in [0.05, 0.1) is 14.2 Å². The number of nitrogens with zero attached hydrogens (tertiary/aromatic N) is 1. The van der Waals surface area contributed by atoms with E-state index >= 15 is 0 Å². The molecule has 0 spiro atoms. The predicted molar refractivity (Wildman–Crippen MR) is 71.6 cm³/mol. The Morgan fingerprint density at radius 3 is 2.25 bits per heavy atom. The minimum absolute atomic E-state index is 0.401. The van der Waals surface area contributed by atoms with Gasteiger partial charge in [-0.25, -0.2) is 4.79 Å². The van der Waals surface area contributed by atoms with E-state index in [0.717, 1.165) is 0 Å². The number of hydrogen-bond donors (Lipinski definition) is 2. The molecule has 0 bridgehead atoms. The van der Waals surface area contributed by atoms with Crippen molar-refractivity contribution in [2.75, 3.05) is 25.7 Å². The van der Waals surface area contributed by atoms with Crippen molar-refractivity contribution in [1.82, 2.24) is 0 Å². The number of carboxylic acid groups (broad SMARTS) is 2. The van der Waals surface area contributed by atoms with Crippen molar-refractivity contribution in [2.45, 2.75) is 13.0 Å². The van der Waals surface area contributed by atoms with E-state index in [0.29, 0.717) is 17.2 Å². The highest BCUT2D eigenvalue weighted by atomic mass is 16.5. The molecule has 2 N–H and O–H groups in total. The van der Waals surface area contributed by atoms with Gasteiger partial charge in [0.15, 0.2) is 11.5 Å². The number of ether oxygens (including phenoxy) is 2. The smallest absolute Gasteiger partial charge is 0.326 e. The van der Waals surface area contributed by atoms with Crippen LogP contribution in [0.15, 0.2) is 18.2 Å². The Morgan fingerprint density at radius 1 is 1.20 bits per heavy atom. The summed E-state index contributed by atoms with van der Waals surface area (Å²) in [6.07, 6.45) is 0. The summed E-state index contributed by atoms with van der Waals surface area (Å²) < 4.78 is 10.2. The Balaban J connectivity index is 3.19. The number of hydrogen-bond acceptors (Lipinski definition) is 5. The molecule has 1 unspecified atom stereocenters. The number of aliphatic carboxylic acids is 2. The number of methoxy groups -OCH3 is 2. The molecule has 0 aliphatic rings. The normalized spacial score (nSPS) is 11.6. The van der Waals surface area contributed by atoms with Crippen LogP contribution in [0.3, 0.4) is 0 Å². The van der Waals surface area contributed by atoms with Gasteiger partial charge in [0.25, 0.3) is 0 Å². The van der Waals surface area contributed by atoms with Crippen LogP contribution in [0.25, 0.3) is 0 Å². The van der Waals surface area contributed by atoms with Gasteiger partial charge in [0.2, 0.25) is 0 Å². The predicted octanol–water partition coefficient (Wildman–Crippen LogP) is 1.07. The van der Waals surface area contributed by atoms with Crippen LogP contribution < -0.4 is 14.4 Å². The molecule has 1 aromatic carbocycles.